The van der Waals surface area contributed by atoms with Crippen LogP contribution in [0, 0.1) is 17.6 Å². The average Bonchev–Trinajstić information content (AvgIpc) is 3.05. The van der Waals surface area contributed by atoms with Gasteiger partial charge in [0, 0.05) is 36.1 Å². The van der Waals surface area contributed by atoms with Crippen molar-refractivity contribution in [2.24, 2.45) is 5.92 Å². The molecule has 0 aromatic heterocycles. The molecule has 0 saturated carbocycles. The number of methoxy groups -OCH3 is 1. The largest absolute Gasteiger partial charge is 0.493 e. The average molecular weight is 297 g/mol. The zero-order valence-electron chi connectivity index (χ0n) is 11.2. The van der Waals surface area contributed by atoms with E-state index in [2.05, 4.69) is 10.1 Å². The Balaban J connectivity index is 2.08. The lowest BCUT2D eigenvalue weighted by atomic mass is 9.86. The summed E-state index contributed by atoms with van der Waals surface area (Å²) in [6.07, 6.45) is 0.339. The molecule has 0 unspecified atom stereocenters. The van der Waals surface area contributed by atoms with Crippen LogP contribution in [0.15, 0.2) is 6.07 Å². The molecule has 1 aromatic carbocycles. The van der Waals surface area contributed by atoms with E-state index in [1.807, 2.05) is 0 Å². The summed E-state index contributed by atoms with van der Waals surface area (Å²) in [5.74, 6) is -4.91. The quantitative estimate of drug-likeness (QED) is 0.651. The summed E-state index contributed by atoms with van der Waals surface area (Å²) in [6, 6.07) is 1.11. The Bertz CT molecular complexity index is 632. The zero-order valence-corrected chi connectivity index (χ0v) is 11.2. The van der Waals surface area contributed by atoms with Gasteiger partial charge in [0.05, 0.1) is 13.7 Å². The van der Waals surface area contributed by atoms with Crippen molar-refractivity contribution in [1.29, 1.82) is 0 Å². The molecular formula is C14H13F2NO4. The lowest BCUT2D eigenvalue weighted by Crippen LogP contribution is -2.28. The molecule has 2 aliphatic heterocycles. The number of hydrogen-bond donors (Lipinski definition) is 1. The van der Waals surface area contributed by atoms with Gasteiger partial charge in [-0.25, -0.2) is 8.78 Å². The minimum Gasteiger partial charge on any atom is -0.493 e. The molecular weight excluding hydrogens is 284 g/mol. The third-order valence-corrected chi connectivity index (χ3v) is 3.93. The standard InChI is InChI=1S/C14H13F2NO4/c1-20-14(19)11-7(5-17-13(11)18)10-8(15)4-9-6(12(10)16)2-3-21-9/h4,7,11H,2-3,5H2,1H3,(H,17,18)/t7-,11-/m0/s1. The van der Waals surface area contributed by atoms with Crippen molar-refractivity contribution in [3.8, 4) is 5.75 Å². The van der Waals surface area contributed by atoms with Crippen LogP contribution in [-0.4, -0.2) is 32.1 Å². The Kier molecular flexibility index (Phi) is 3.27. The van der Waals surface area contributed by atoms with Crippen molar-refractivity contribution < 1.29 is 27.8 Å². The molecule has 1 N–H and O–H groups in total. The van der Waals surface area contributed by atoms with Crippen LogP contribution in [0.3, 0.4) is 0 Å². The van der Waals surface area contributed by atoms with Gasteiger partial charge >= 0.3 is 5.97 Å². The van der Waals surface area contributed by atoms with Gasteiger partial charge in [-0.1, -0.05) is 0 Å². The number of nitrogens with one attached hydrogen (secondary N) is 1. The Hall–Kier alpha value is -2.18. The third-order valence-electron chi connectivity index (χ3n) is 3.93. The molecule has 1 aromatic rings. The molecule has 2 aliphatic rings. The van der Waals surface area contributed by atoms with Crippen molar-refractivity contribution in [2.75, 3.05) is 20.3 Å². The molecule has 0 radical (unpaired) electrons. The van der Waals surface area contributed by atoms with Gasteiger partial charge < -0.3 is 14.8 Å². The van der Waals surface area contributed by atoms with Crippen LogP contribution >= 0.6 is 0 Å². The molecule has 1 amide bonds. The highest BCUT2D eigenvalue weighted by Gasteiger charge is 2.45. The van der Waals surface area contributed by atoms with Crippen molar-refractivity contribution in [1.82, 2.24) is 5.32 Å². The zero-order chi connectivity index (χ0) is 15.1. The topological polar surface area (TPSA) is 64.6 Å². The van der Waals surface area contributed by atoms with Gasteiger partial charge in [-0.2, -0.15) is 0 Å². The molecule has 2 heterocycles. The van der Waals surface area contributed by atoms with Gasteiger partial charge in [-0.05, 0) is 0 Å². The summed E-state index contributed by atoms with van der Waals surface area (Å²) in [6.45, 7) is 0.281. The van der Waals surface area contributed by atoms with Crippen LogP contribution in [0.4, 0.5) is 8.78 Å². The normalized spacial score (nSPS) is 23.5. The first-order chi connectivity index (χ1) is 10.0. The van der Waals surface area contributed by atoms with E-state index in [1.165, 1.54) is 0 Å². The first kappa shape index (κ1) is 13.8. The minimum atomic E-state index is -1.24. The SMILES string of the molecule is COC(=O)[C@@H]1C(=O)NC[C@H]1c1c(F)cc2c(c1F)CCO2. The summed E-state index contributed by atoms with van der Waals surface area (Å²) < 4.78 is 38.5. The summed E-state index contributed by atoms with van der Waals surface area (Å²) in [5, 5.41) is 2.45. The lowest BCUT2D eigenvalue weighted by molar-refractivity contribution is -0.149. The highest BCUT2D eigenvalue weighted by molar-refractivity contribution is 6.00. The second-order valence-electron chi connectivity index (χ2n) is 5.01. The number of carbonyl (C=O) groups is 2. The van der Waals surface area contributed by atoms with Gasteiger partial charge in [0.25, 0.3) is 0 Å². The highest BCUT2D eigenvalue weighted by atomic mass is 19.1. The summed E-state index contributed by atoms with van der Waals surface area (Å²) in [4.78, 5) is 23.4. The van der Waals surface area contributed by atoms with E-state index in [4.69, 9.17) is 4.74 Å². The van der Waals surface area contributed by atoms with Crippen molar-refractivity contribution in [2.45, 2.75) is 12.3 Å². The Morgan fingerprint density at radius 2 is 2.24 bits per heavy atom. The Labute approximate surface area is 119 Å². The monoisotopic (exact) mass is 297 g/mol. The molecule has 112 valence electrons. The fourth-order valence-electron chi connectivity index (χ4n) is 2.91. The van der Waals surface area contributed by atoms with Crippen molar-refractivity contribution in [3.63, 3.8) is 0 Å². The van der Waals surface area contributed by atoms with Crippen molar-refractivity contribution in [3.05, 3.63) is 28.8 Å². The smallest absolute Gasteiger partial charge is 0.318 e. The number of halogens is 2. The van der Waals surface area contributed by atoms with E-state index in [-0.39, 0.29) is 30.0 Å². The maximum Gasteiger partial charge on any atom is 0.318 e. The molecule has 1 fully saturated rings. The molecule has 3 rings (SSSR count). The molecule has 5 nitrogen and oxygen atoms in total. The van der Waals surface area contributed by atoms with Gasteiger partial charge in [0.15, 0.2) is 0 Å². The van der Waals surface area contributed by atoms with E-state index in [0.717, 1.165) is 13.2 Å². The first-order valence-electron chi connectivity index (χ1n) is 6.53. The number of rotatable bonds is 2. The van der Waals surface area contributed by atoms with Gasteiger partial charge in [-0.15, -0.1) is 0 Å². The van der Waals surface area contributed by atoms with Crippen LogP contribution in [0.5, 0.6) is 5.75 Å². The lowest BCUT2D eigenvalue weighted by Gasteiger charge is -2.18. The second kappa shape index (κ2) is 4.98. The Morgan fingerprint density at radius 3 is 2.95 bits per heavy atom. The number of fused-ring (bicyclic) bond motifs is 1. The number of hydrogen-bond acceptors (Lipinski definition) is 4. The van der Waals surface area contributed by atoms with Crippen molar-refractivity contribution >= 4 is 11.9 Å². The number of carbonyl (C=O) groups excluding carboxylic acids is 2. The van der Waals surface area contributed by atoms with E-state index in [1.54, 1.807) is 0 Å². The van der Waals surface area contributed by atoms with E-state index in [9.17, 15) is 18.4 Å². The van der Waals surface area contributed by atoms with E-state index >= 15 is 0 Å². The first-order valence-corrected chi connectivity index (χ1v) is 6.53. The maximum absolute atomic E-state index is 14.5. The molecule has 0 bridgehead atoms. The molecule has 0 aliphatic carbocycles. The fourth-order valence-corrected chi connectivity index (χ4v) is 2.91. The Morgan fingerprint density at radius 1 is 1.48 bits per heavy atom. The summed E-state index contributed by atoms with van der Waals surface area (Å²) >= 11 is 0. The molecule has 2 atom stereocenters. The second-order valence-corrected chi connectivity index (χ2v) is 5.01. The predicted octanol–water partition coefficient (Wildman–Crippen LogP) is 0.902. The van der Waals surface area contributed by atoms with Gasteiger partial charge in [-0.3, -0.25) is 9.59 Å². The highest BCUT2D eigenvalue weighted by Crippen LogP contribution is 2.39. The summed E-state index contributed by atoms with van der Waals surface area (Å²) in [7, 11) is 1.13. The van der Waals surface area contributed by atoms with Crippen LogP contribution in [0.2, 0.25) is 0 Å². The minimum absolute atomic E-state index is 0.00785. The van der Waals surface area contributed by atoms with Crippen LogP contribution < -0.4 is 10.1 Å². The number of esters is 1. The predicted molar refractivity (Wildman–Crippen MR) is 66.8 cm³/mol. The maximum atomic E-state index is 14.5. The van der Waals surface area contributed by atoms with Crippen LogP contribution in [0.1, 0.15) is 17.0 Å². The molecule has 21 heavy (non-hydrogen) atoms. The molecule has 7 heteroatoms. The summed E-state index contributed by atoms with van der Waals surface area (Å²) in [5.41, 5.74) is 0.0300. The van der Waals surface area contributed by atoms with Gasteiger partial charge in [0.1, 0.15) is 23.3 Å². The van der Waals surface area contributed by atoms with E-state index < -0.39 is 35.3 Å². The fraction of sp³-hybridized carbons (Fsp3) is 0.429. The number of ether oxygens (including phenoxy) is 2. The number of benzene rings is 1. The van der Waals surface area contributed by atoms with Gasteiger partial charge in [0.2, 0.25) is 5.91 Å². The van der Waals surface area contributed by atoms with Crippen LogP contribution in [0.25, 0.3) is 0 Å². The number of amides is 1. The van der Waals surface area contributed by atoms with Crippen LogP contribution in [-0.2, 0) is 20.7 Å². The van der Waals surface area contributed by atoms with E-state index in [0.29, 0.717) is 6.42 Å². The third kappa shape index (κ3) is 2.03. The molecule has 1 saturated heterocycles. The molecule has 0 spiro atoms.